The lowest BCUT2D eigenvalue weighted by molar-refractivity contribution is 0.216. The molecule has 0 radical (unpaired) electrons. The van der Waals surface area contributed by atoms with E-state index in [9.17, 15) is 5.11 Å². The molecular formula is C11H13N3O2. The molecule has 1 unspecified atom stereocenters. The Kier molecular flexibility index (Phi) is 2.18. The quantitative estimate of drug-likeness (QED) is 0.705. The maximum atomic E-state index is 9.33. The minimum Gasteiger partial charge on any atom is -0.508 e. The molecule has 1 aliphatic rings. The molecule has 5 heteroatoms. The molecule has 5 nitrogen and oxygen atoms in total. The smallest absolute Gasteiger partial charge is 0.240 e. The summed E-state index contributed by atoms with van der Waals surface area (Å²) in [4.78, 5) is 0. The van der Waals surface area contributed by atoms with E-state index in [0.29, 0.717) is 5.88 Å². The first-order valence-corrected chi connectivity index (χ1v) is 5.37. The highest BCUT2D eigenvalue weighted by atomic mass is 16.5. The van der Waals surface area contributed by atoms with Crippen LogP contribution in [-0.4, -0.2) is 34.5 Å². The van der Waals surface area contributed by atoms with E-state index >= 15 is 0 Å². The minimum atomic E-state index is 0.195. The number of H-pyrrole nitrogens is 1. The number of rotatable bonds is 2. The van der Waals surface area contributed by atoms with Crippen LogP contribution in [0.25, 0.3) is 10.9 Å². The van der Waals surface area contributed by atoms with Crippen LogP contribution in [0.5, 0.6) is 11.6 Å². The second-order valence-electron chi connectivity index (χ2n) is 3.99. The summed E-state index contributed by atoms with van der Waals surface area (Å²) in [7, 11) is 0. The highest BCUT2D eigenvalue weighted by molar-refractivity contribution is 5.85. The molecule has 0 amide bonds. The molecule has 1 aromatic heterocycles. The summed E-state index contributed by atoms with van der Waals surface area (Å²) in [6.45, 7) is 1.86. The molecule has 16 heavy (non-hydrogen) atoms. The van der Waals surface area contributed by atoms with E-state index in [1.807, 2.05) is 6.07 Å². The zero-order chi connectivity index (χ0) is 11.0. The topological polar surface area (TPSA) is 70.2 Å². The summed E-state index contributed by atoms with van der Waals surface area (Å²) < 4.78 is 5.78. The van der Waals surface area contributed by atoms with Crippen molar-refractivity contribution in [2.24, 2.45) is 0 Å². The van der Waals surface area contributed by atoms with Gasteiger partial charge in [-0.3, -0.25) is 5.10 Å². The summed E-state index contributed by atoms with van der Waals surface area (Å²) in [6.07, 6.45) is 1.20. The maximum Gasteiger partial charge on any atom is 0.240 e. The molecule has 3 rings (SSSR count). The Bertz CT molecular complexity index is 503. The van der Waals surface area contributed by atoms with Crippen LogP contribution in [0.2, 0.25) is 0 Å². The van der Waals surface area contributed by atoms with Gasteiger partial charge in [0.25, 0.3) is 0 Å². The van der Waals surface area contributed by atoms with Crippen molar-refractivity contribution >= 4 is 10.9 Å². The molecule has 2 heterocycles. The number of hydrogen-bond acceptors (Lipinski definition) is 4. The number of nitrogens with one attached hydrogen (secondary N) is 2. The molecule has 1 fully saturated rings. The Morgan fingerprint density at radius 1 is 1.44 bits per heavy atom. The Labute approximate surface area is 92.4 Å². The summed E-state index contributed by atoms with van der Waals surface area (Å²) in [5.41, 5.74) is 0.793. The van der Waals surface area contributed by atoms with Crippen LogP contribution in [0.3, 0.4) is 0 Å². The minimum absolute atomic E-state index is 0.195. The number of hydrogen-bond donors (Lipinski definition) is 3. The van der Waals surface area contributed by atoms with Gasteiger partial charge in [0, 0.05) is 12.6 Å². The number of aromatic nitrogens is 2. The van der Waals surface area contributed by atoms with Gasteiger partial charge < -0.3 is 15.2 Å². The van der Waals surface area contributed by atoms with Crippen molar-refractivity contribution < 1.29 is 9.84 Å². The van der Waals surface area contributed by atoms with Gasteiger partial charge in [0.15, 0.2) is 0 Å². The lowest BCUT2D eigenvalue weighted by atomic mass is 10.2. The maximum absolute atomic E-state index is 9.33. The summed E-state index contributed by atoms with van der Waals surface area (Å²) >= 11 is 0. The first-order valence-electron chi connectivity index (χ1n) is 5.37. The first-order chi connectivity index (χ1) is 7.83. The number of benzene rings is 1. The van der Waals surface area contributed by atoms with Crippen LogP contribution in [0.15, 0.2) is 18.2 Å². The van der Waals surface area contributed by atoms with Crippen molar-refractivity contribution in [2.75, 3.05) is 13.1 Å². The van der Waals surface area contributed by atoms with Crippen LogP contribution in [-0.2, 0) is 0 Å². The van der Waals surface area contributed by atoms with Crippen molar-refractivity contribution in [1.29, 1.82) is 0 Å². The first kappa shape index (κ1) is 9.47. The normalized spacial score (nSPS) is 20.4. The summed E-state index contributed by atoms with van der Waals surface area (Å²) in [5.74, 6) is 0.842. The average molecular weight is 219 g/mol. The molecule has 84 valence electrons. The lowest BCUT2D eigenvalue weighted by Gasteiger charge is -2.09. The number of phenols is 1. The van der Waals surface area contributed by atoms with Crippen LogP contribution in [0.4, 0.5) is 0 Å². The fourth-order valence-corrected chi connectivity index (χ4v) is 1.96. The third-order valence-electron chi connectivity index (χ3n) is 2.80. The molecule has 1 atom stereocenters. The number of aromatic hydroxyl groups is 1. The molecule has 0 aliphatic carbocycles. The molecule has 0 bridgehead atoms. The predicted octanol–water partition coefficient (Wildman–Crippen LogP) is 1.01. The number of phenolic OH excluding ortho intramolecular Hbond substituents is 1. The number of fused-ring (bicyclic) bond motifs is 1. The lowest BCUT2D eigenvalue weighted by Crippen LogP contribution is -2.19. The molecule has 1 aromatic carbocycles. The standard InChI is InChI=1S/C11H13N3O2/c15-7-1-2-9-10(5-7)13-14-11(9)16-8-3-4-12-6-8/h1-2,5,8,12,15H,3-4,6H2,(H,13,14). The van der Waals surface area contributed by atoms with Crippen molar-refractivity contribution in [2.45, 2.75) is 12.5 Å². The summed E-state index contributed by atoms with van der Waals surface area (Å²) in [6, 6.07) is 5.09. The third kappa shape index (κ3) is 1.59. The largest absolute Gasteiger partial charge is 0.508 e. The Balaban J connectivity index is 1.91. The van der Waals surface area contributed by atoms with Crippen LogP contribution in [0, 0.1) is 0 Å². The van der Waals surface area contributed by atoms with E-state index in [0.717, 1.165) is 30.4 Å². The van der Waals surface area contributed by atoms with Gasteiger partial charge in [-0.25, -0.2) is 0 Å². The van der Waals surface area contributed by atoms with Gasteiger partial charge in [0.2, 0.25) is 5.88 Å². The molecule has 0 spiro atoms. The monoisotopic (exact) mass is 219 g/mol. The molecule has 1 saturated heterocycles. The fourth-order valence-electron chi connectivity index (χ4n) is 1.96. The van der Waals surface area contributed by atoms with Gasteiger partial charge in [0.1, 0.15) is 11.9 Å². The number of nitrogens with zero attached hydrogens (tertiary/aromatic N) is 1. The van der Waals surface area contributed by atoms with Gasteiger partial charge in [-0.05, 0) is 25.1 Å². The van der Waals surface area contributed by atoms with Crippen LogP contribution < -0.4 is 10.1 Å². The number of aromatic amines is 1. The van der Waals surface area contributed by atoms with E-state index < -0.39 is 0 Å². The third-order valence-corrected chi connectivity index (χ3v) is 2.80. The van der Waals surface area contributed by atoms with E-state index in [2.05, 4.69) is 15.5 Å². The van der Waals surface area contributed by atoms with E-state index in [4.69, 9.17) is 4.74 Å². The SMILES string of the molecule is Oc1ccc2c(OC3CCNC3)n[nH]c2c1. The second kappa shape index (κ2) is 3.68. The highest BCUT2D eigenvalue weighted by Gasteiger charge is 2.18. The Morgan fingerprint density at radius 2 is 2.38 bits per heavy atom. The fraction of sp³-hybridized carbons (Fsp3) is 0.364. The molecule has 1 aliphatic heterocycles. The van der Waals surface area contributed by atoms with E-state index in [-0.39, 0.29) is 11.9 Å². The van der Waals surface area contributed by atoms with Crippen molar-refractivity contribution in [3.8, 4) is 11.6 Å². The Hall–Kier alpha value is -1.75. The van der Waals surface area contributed by atoms with Gasteiger partial charge in [-0.1, -0.05) is 0 Å². The number of ether oxygens (including phenoxy) is 1. The molecular weight excluding hydrogens is 206 g/mol. The zero-order valence-corrected chi connectivity index (χ0v) is 8.73. The van der Waals surface area contributed by atoms with Crippen LogP contribution >= 0.6 is 0 Å². The molecule has 0 saturated carbocycles. The molecule has 2 aromatic rings. The van der Waals surface area contributed by atoms with Gasteiger partial charge in [-0.15, -0.1) is 5.10 Å². The van der Waals surface area contributed by atoms with E-state index in [1.54, 1.807) is 12.1 Å². The van der Waals surface area contributed by atoms with Gasteiger partial charge in [0.05, 0.1) is 10.9 Å². The zero-order valence-electron chi connectivity index (χ0n) is 8.73. The predicted molar refractivity (Wildman–Crippen MR) is 59.7 cm³/mol. The van der Waals surface area contributed by atoms with Gasteiger partial charge >= 0.3 is 0 Å². The average Bonchev–Trinajstić information content (AvgIpc) is 2.89. The van der Waals surface area contributed by atoms with E-state index in [1.165, 1.54) is 0 Å². The van der Waals surface area contributed by atoms with Crippen LogP contribution in [0.1, 0.15) is 6.42 Å². The van der Waals surface area contributed by atoms with Crippen molar-refractivity contribution in [3.05, 3.63) is 18.2 Å². The second-order valence-corrected chi connectivity index (χ2v) is 3.99. The van der Waals surface area contributed by atoms with Gasteiger partial charge in [-0.2, -0.15) is 0 Å². The molecule has 3 N–H and O–H groups in total. The van der Waals surface area contributed by atoms with Crippen molar-refractivity contribution in [1.82, 2.24) is 15.5 Å². The Morgan fingerprint density at radius 3 is 3.19 bits per heavy atom. The highest BCUT2D eigenvalue weighted by Crippen LogP contribution is 2.26. The summed E-state index contributed by atoms with van der Waals surface area (Å²) in [5, 5.41) is 20.4. The van der Waals surface area contributed by atoms with Crippen molar-refractivity contribution in [3.63, 3.8) is 0 Å².